The third-order valence-electron chi connectivity index (χ3n) is 4.37. The number of carbonyl (C=O) groups is 1. The molecule has 3 rings (SSSR count). The highest BCUT2D eigenvalue weighted by Crippen LogP contribution is 2.28. The van der Waals surface area contributed by atoms with Crippen LogP contribution in [0.5, 0.6) is 0 Å². The highest BCUT2D eigenvalue weighted by molar-refractivity contribution is 7.09. The molecule has 0 fully saturated rings. The number of fused-ring (bicyclic) bond motifs is 1. The molecule has 3 aromatic rings. The van der Waals surface area contributed by atoms with Crippen molar-refractivity contribution in [2.24, 2.45) is 7.05 Å². The van der Waals surface area contributed by atoms with Crippen LogP contribution in [0.4, 0.5) is 4.79 Å². The van der Waals surface area contributed by atoms with Crippen LogP contribution in [0.1, 0.15) is 16.5 Å². The molecule has 6 heteroatoms. The molecule has 0 saturated carbocycles. The molecule has 0 saturated heterocycles. The van der Waals surface area contributed by atoms with Gasteiger partial charge in [0.05, 0.1) is 12.6 Å². The summed E-state index contributed by atoms with van der Waals surface area (Å²) < 4.78 is 2.14. The number of benzene rings is 1. The van der Waals surface area contributed by atoms with Gasteiger partial charge in [-0.05, 0) is 37.2 Å². The molecule has 1 unspecified atom stereocenters. The first kappa shape index (κ1) is 17.5. The minimum atomic E-state index is -0.138. The Hall–Kier alpha value is -2.31. The van der Waals surface area contributed by atoms with Crippen molar-refractivity contribution >= 4 is 28.3 Å². The van der Waals surface area contributed by atoms with Crippen LogP contribution in [0.2, 0.25) is 0 Å². The number of carbonyl (C=O) groups excluding carboxylic acids is 1. The molecule has 1 atom stereocenters. The summed E-state index contributed by atoms with van der Waals surface area (Å²) in [6.45, 7) is 1.11. The Morgan fingerprint density at radius 2 is 2.00 bits per heavy atom. The molecule has 0 aliphatic carbocycles. The summed E-state index contributed by atoms with van der Waals surface area (Å²) in [6.07, 6.45) is 2.15. The summed E-state index contributed by atoms with van der Waals surface area (Å²) in [6, 6.07) is 12.3. The average molecular weight is 356 g/mol. The zero-order valence-electron chi connectivity index (χ0n) is 14.8. The second kappa shape index (κ2) is 7.72. The standard InChI is InChI=1S/C19H24N4OS/c1-22(2)18(12-21-19(24)20-11-14-7-6-10-25-14)16-13-23(3)17-9-5-4-8-15(16)17/h4-10,13,18H,11-12H2,1-3H3,(H2,20,21,24). The minimum absolute atomic E-state index is 0.110. The number of para-hydroxylation sites is 1. The summed E-state index contributed by atoms with van der Waals surface area (Å²) in [7, 11) is 6.13. The molecular weight excluding hydrogens is 332 g/mol. The first-order chi connectivity index (χ1) is 12.1. The summed E-state index contributed by atoms with van der Waals surface area (Å²) in [5, 5.41) is 9.15. The maximum Gasteiger partial charge on any atom is 0.315 e. The number of aryl methyl sites for hydroxylation is 1. The number of likely N-dealkylation sites (N-methyl/N-ethyl adjacent to an activating group) is 1. The van der Waals surface area contributed by atoms with E-state index in [1.165, 1.54) is 16.5 Å². The maximum absolute atomic E-state index is 12.1. The highest BCUT2D eigenvalue weighted by atomic mass is 32.1. The van der Waals surface area contributed by atoms with E-state index in [9.17, 15) is 4.79 Å². The first-order valence-corrected chi connectivity index (χ1v) is 9.18. The van der Waals surface area contributed by atoms with Crippen LogP contribution in [0, 0.1) is 0 Å². The second-order valence-corrected chi connectivity index (χ2v) is 7.37. The van der Waals surface area contributed by atoms with Gasteiger partial charge < -0.3 is 20.1 Å². The fourth-order valence-corrected chi connectivity index (χ4v) is 3.69. The molecule has 25 heavy (non-hydrogen) atoms. The van der Waals surface area contributed by atoms with Gasteiger partial charge in [0.25, 0.3) is 0 Å². The number of nitrogens with one attached hydrogen (secondary N) is 2. The van der Waals surface area contributed by atoms with Crippen molar-refractivity contribution in [1.29, 1.82) is 0 Å². The van der Waals surface area contributed by atoms with Crippen LogP contribution >= 0.6 is 11.3 Å². The largest absolute Gasteiger partial charge is 0.350 e. The van der Waals surface area contributed by atoms with Gasteiger partial charge in [0, 0.05) is 35.6 Å². The molecule has 5 nitrogen and oxygen atoms in total. The molecule has 2 amide bonds. The smallest absolute Gasteiger partial charge is 0.315 e. The van der Waals surface area contributed by atoms with Gasteiger partial charge in [-0.1, -0.05) is 24.3 Å². The summed E-state index contributed by atoms with van der Waals surface area (Å²) in [5.41, 5.74) is 2.42. The van der Waals surface area contributed by atoms with Gasteiger partial charge in [0.2, 0.25) is 0 Å². The third-order valence-corrected chi connectivity index (χ3v) is 5.25. The molecule has 0 radical (unpaired) electrons. The molecule has 2 aromatic heterocycles. The molecule has 2 heterocycles. The quantitative estimate of drug-likeness (QED) is 0.712. The van der Waals surface area contributed by atoms with Gasteiger partial charge in [-0.15, -0.1) is 11.3 Å². The van der Waals surface area contributed by atoms with E-state index >= 15 is 0 Å². The van der Waals surface area contributed by atoms with Crippen molar-refractivity contribution in [3.63, 3.8) is 0 Å². The average Bonchev–Trinajstić information content (AvgIpc) is 3.22. The topological polar surface area (TPSA) is 49.3 Å². The monoisotopic (exact) mass is 356 g/mol. The van der Waals surface area contributed by atoms with E-state index in [4.69, 9.17) is 0 Å². The first-order valence-electron chi connectivity index (χ1n) is 8.30. The van der Waals surface area contributed by atoms with Crippen LogP contribution < -0.4 is 10.6 Å². The third kappa shape index (κ3) is 4.03. The lowest BCUT2D eigenvalue weighted by atomic mass is 10.0. The van der Waals surface area contributed by atoms with E-state index in [2.05, 4.69) is 51.5 Å². The van der Waals surface area contributed by atoms with Gasteiger partial charge in [-0.3, -0.25) is 0 Å². The number of thiophene rings is 1. The Kier molecular flexibility index (Phi) is 5.40. The number of rotatable bonds is 6. The van der Waals surface area contributed by atoms with Crippen LogP contribution in [0.3, 0.4) is 0 Å². The van der Waals surface area contributed by atoms with Gasteiger partial charge in [0.1, 0.15) is 0 Å². The van der Waals surface area contributed by atoms with E-state index < -0.39 is 0 Å². The molecular formula is C19H24N4OS. The van der Waals surface area contributed by atoms with E-state index in [-0.39, 0.29) is 12.1 Å². The molecule has 0 bridgehead atoms. The van der Waals surface area contributed by atoms with Crippen LogP contribution in [0.15, 0.2) is 48.0 Å². The Bertz CT molecular complexity index is 838. The summed E-state index contributed by atoms with van der Waals surface area (Å²) >= 11 is 1.64. The van der Waals surface area contributed by atoms with Crippen LogP contribution in [-0.2, 0) is 13.6 Å². The fraction of sp³-hybridized carbons (Fsp3) is 0.316. The molecule has 0 spiro atoms. The van der Waals surface area contributed by atoms with E-state index in [1.54, 1.807) is 11.3 Å². The number of nitrogens with zero attached hydrogens (tertiary/aromatic N) is 2. The lowest BCUT2D eigenvalue weighted by molar-refractivity contribution is 0.232. The van der Waals surface area contributed by atoms with E-state index in [0.717, 1.165) is 4.88 Å². The Morgan fingerprint density at radius 3 is 2.72 bits per heavy atom. The Balaban J connectivity index is 1.68. The van der Waals surface area contributed by atoms with Gasteiger partial charge in [-0.25, -0.2) is 4.79 Å². The zero-order chi connectivity index (χ0) is 17.8. The number of hydrogen-bond donors (Lipinski definition) is 2. The lowest BCUT2D eigenvalue weighted by Crippen LogP contribution is -2.40. The second-order valence-electron chi connectivity index (χ2n) is 6.33. The molecule has 2 N–H and O–H groups in total. The van der Waals surface area contributed by atoms with Crippen molar-refractivity contribution in [2.75, 3.05) is 20.6 Å². The molecule has 132 valence electrons. The normalized spacial score (nSPS) is 12.5. The SMILES string of the molecule is CN(C)C(CNC(=O)NCc1cccs1)c1cn(C)c2ccccc12. The van der Waals surface area contributed by atoms with Crippen molar-refractivity contribution in [3.8, 4) is 0 Å². The van der Waals surface area contributed by atoms with Gasteiger partial charge in [0.15, 0.2) is 0 Å². The lowest BCUT2D eigenvalue weighted by Gasteiger charge is -2.24. The van der Waals surface area contributed by atoms with Crippen molar-refractivity contribution in [3.05, 3.63) is 58.4 Å². The van der Waals surface area contributed by atoms with Crippen molar-refractivity contribution in [2.45, 2.75) is 12.6 Å². The predicted molar refractivity (Wildman–Crippen MR) is 104 cm³/mol. The number of hydrogen-bond acceptors (Lipinski definition) is 3. The van der Waals surface area contributed by atoms with Gasteiger partial charge >= 0.3 is 6.03 Å². The van der Waals surface area contributed by atoms with Gasteiger partial charge in [-0.2, -0.15) is 0 Å². The van der Waals surface area contributed by atoms with E-state index in [0.29, 0.717) is 13.1 Å². The Morgan fingerprint density at radius 1 is 1.20 bits per heavy atom. The molecule has 0 aliphatic heterocycles. The van der Waals surface area contributed by atoms with Crippen molar-refractivity contribution < 1.29 is 4.79 Å². The zero-order valence-corrected chi connectivity index (χ0v) is 15.6. The van der Waals surface area contributed by atoms with Crippen LogP contribution in [0.25, 0.3) is 10.9 Å². The van der Waals surface area contributed by atoms with Crippen LogP contribution in [-0.4, -0.2) is 36.1 Å². The Labute approximate surface area is 152 Å². The summed E-state index contributed by atoms with van der Waals surface area (Å²) in [4.78, 5) is 15.4. The van der Waals surface area contributed by atoms with E-state index in [1.807, 2.05) is 37.7 Å². The molecule has 1 aromatic carbocycles. The number of aromatic nitrogens is 1. The predicted octanol–water partition coefficient (Wildman–Crippen LogP) is 3.34. The fourth-order valence-electron chi connectivity index (χ4n) is 3.04. The minimum Gasteiger partial charge on any atom is -0.350 e. The summed E-state index contributed by atoms with van der Waals surface area (Å²) in [5.74, 6) is 0. The maximum atomic E-state index is 12.1. The number of amides is 2. The van der Waals surface area contributed by atoms with Crippen molar-refractivity contribution in [1.82, 2.24) is 20.1 Å². The number of urea groups is 1. The molecule has 0 aliphatic rings. The highest BCUT2D eigenvalue weighted by Gasteiger charge is 2.19.